The highest BCUT2D eigenvalue weighted by Gasteiger charge is 2.45. The molecule has 3 rings (SSSR count). The summed E-state index contributed by atoms with van der Waals surface area (Å²) in [7, 11) is 0. The maximum atomic E-state index is 11.9. The molecule has 2 aliphatic heterocycles. The first-order valence-electron chi connectivity index (χ1n) is 5.81. The van der Waals surface area contributed by atoms with Gasteiger partial charge in [0.25, 0.3) is 0 Å². The van der Waals surface area contributed by atoms with Crippen LogP contribution in [0.4, 0.5) is 0 Å². The number of likely N-dealkylation sites (tertiary alicyclic amines) is 1. The Hall–Kier alpha value is -0.570. The van der Waals surface area contributed by atoms with Crippen LogP contribution in [-0.2, 0) is 4.79 Å². The van der Waals surface area contributed by atoms with Crippen molar-refractivity contribution in [2.45, 2.75) is 38.1 Å². The Balaban J connectivity index is 1.61. The fourth-order valence-electron chi connectivity index (χ4n) is 2.93. The largest absolute Gasteiger partial charge is 0.341 e. The maximum Gasteiger partial charge on any atom is 0.239 e. The number of carbonyl (C=O) groups excluding carboxylic acids is 1. The number of rotatable bonds is 1. The monoisotopic (exact) mass is 194 g/mol. The minimum absolute atomic E-state index is 0.158. The fourth-order valence-corrected chi connectivity index (χ4v) is 2.93. The third-order valence-corrected chi connectivity index (χ3v) is 4.29. The number of carbonyl (C=O) groups is 1. The highest BCUT2D eigenvalue weighted by atomic mass is 16.2. The number of nitrogens with one attached hydrogen (secondary N) is 1. The molecule has 0 aromatic heterocycles. The van der Waals surface area contributed by atoms with E-state index in [4.69, 9.17) is 0 Å². The summed E-state index contributed by atoms with van der Waals surface area (Å²) >= 11 is 0. The van der Waals surface area contributed by atoms with Crippen LogP contribution in [0.1, 0.15) is 32.1 Å². The molecule has 3 fully saturated rings. The second-order valence-electron chi connectivity index (χ2n) is 5.16. The fraction of sp³-hybridized carbons (Fsp3) is 0.909. The van der Waals surface area contributed by atoms with E-state index in [1.165, 1.54) is 25.7 Å². The Morgan fingerprint density at radius 2 is 2.14 bits per heavy atom. The van der Waals surface area contributed by atoms with E-state index in [0.29, 0.717) is 11.3 Å². The minimum atomic E-state index is 0.158. The molecule has 1 unspecified atom stereocenters. The van der Waals surface area contributed by atoms with Gasteiger partial charge in [-0.2, -0.15) is 0 Å². The molecule has 78 valence electrons. The second-order valence-corrected chi connectivity index (χ2v) is 5.16. The zero-order chi connectivity index (χ0) is 9.60. The smallest absolute Gasteiger partial charge is 0.239 e. The van der Waals surface area contributed by atoms with E-state index in [1.54, 1.807) is 0 Å². The molecule has 2 saturated heterocycles. The molecule has 2 heterocycles. The first-order valence-corrected chi connectivity index (χ1v) is 5.81. The van der Waals surface area contributed by atoms with Gasteiger partial charge in [-0.3, -0.25) is 4.79 Å². The predicted octanol–water partition coefficient (Wildman–Crippen LogP) is 0.751. The van der Waals surface area contributed by atoms with Crippen molar-refractivity contribution in [3.05, 3.63) is 0 Å². The summed E-state index contributed by atoms with van der Waals surface area (Å²) in [5.41, 5.74) is 0.555. The van der Waals surface area contributed by atoms with Crippen molar-refractivity contribution >= 4 is 5.91 Å². The molecule has 3 nitrogen and oxygen atoms in total. The highest BCUT2D eigenvalue weighted by Crippen LogP contribution is 2.48. The zero-order valence-corrected chi connectivity index (χ0v) is 8.59. The van der Waals surface area contributed by atoms with Crippen LogP contribution in [0, 0.1) is 5.41 Å². The lowest BCUT2D eigenvalue weighted by atomic mass is 9.68. The van der Waals surface area contributed by atoms with Gasteiger partial charge in [-0.1, -0.05) is 6.42 Å². The van der Waals surface area contributed by atoms with E-state index in [1.807, 2.05) is 0 Å². The molecule has 1 atom stereocenters. The van der Waals surface area contributed by atoms with Crippen LogP contribution >= 0.6 is 0 Å². The van der Waals surface area contributed by atoms with E-state index >= 15 is 0 Å². The molecule has 0 aromatic rings. The summed E-state index contributed by atoms with van der Waals surface area (Å²) in [4.78, 5) is 14.0. The van der Waals surface area contributed by atoms with E-state index in [2.05, 4.69) is 10.2 Å². The quantitative estimate of drug-likeness (QED) is 0.668. The Labute approximate surface area is 84.8 Å². The van der Waals surface area contributed by atoms with Crippen molar-refractivity contribution in [3.63, 3.8) is 0 Å². The molecular formula is C11H18N2O. The highest BCUT2D eigenvalue weighted by molar-refractivity contribution is 5.83. The molecular weight excluding hydrogens is 176 g/mol. The van der Waals surface area contributed by atoms with Gasteiger partial charge in [0.05, 0.1) is 6.04 Å². The lowest BCUT2D eigenvalue weighted by Crippen LogP contribution is -2.54. The lowest BCUT2D eigenvalue weighted by molar-refractivity contribution is -0.134. The first-order chi connectivity index (χ1) is 6.79. The molecule has 1 saturated carbocycles. The molecule has 1 N–H and O–H groups in total. The topological polar surface area (TPSA) is 32.3 Å². The van der Waals surface area contributed by atoms with E-state index < -0.39 is 0 Å². The lowest BCUT2D eigenvalue weighted by Gasteiger charge is -2.38. The van der Waals surface area contributed by atoms with Gasteiger partial charge < -0.3 is 10.2 Å². The van der Waals surface area contributed by atoms with Crippen LogP contribution in [0.3, 0.4) is 0 Å². The van der Waals surface area contributed by atoms with Crippen molar-refractivity contribution in [1.82, 2.24) is 10.2 Å². The standard InChI is InChI=1S/C11H18N2O/c14-10(9-2-6-12-9)13-7-5-11(8-13)3-1-4-11/h9,12H,1-8H2. The first kappa shape index (κ1) is 8.72. The Morgan fingerprint density at radius 1 is 1.36 bits per heavy atom. The molecule has 1 amide bonds. The third kappa shape index (κ3) is 1.18. The summed E-state index contributed by atoms with van der Waals surface area (Å²) in [5, 5.41) is 3.19. The van der Waals surface area contributed by atoms with Gasteiger partial charge in [-0.05, 0) is 37.6 Å². The molecule has 1 aliphatic carbocycles. The molecule has 0 bridgehead atoms. The molecule has 14 heavy (non-hydrogen) atoms. The van der Waals surface area contributed by atoms with Crippen molar-refractivity contribution < 1.29 is 4.79 Å². The molecule has 1 spiro atoms. The molecule has 3 aliphatic rings. The van der Waals surface area contributed by atoms with Gasteiger partial charge in [-0.25, -0.2) is 0 Å². The molecule has 0 radical (unpaired) electrons. The number of amides is 1. The van der Waals surface area contributed by atoms with E-state index in [-0.39, 0.29) is 6.04 Å². The van der Waals surface area contributed by atoms with Crippen LogP contribution < -0.4 is 5.32 Å². The van der Waals surface area contributed by atoms with Crippen molar-refractivity contribution in [2.24, 2.45) is 5.41 Å². The molecule has 0 aromatic carbocycles. The summed E-state index contributed by atoms with van der Waals surface area (Å²) in [6.45, 7) is 3.08. The summed E-state index contributed by atoms with van der Waals surface area (Å²) in [6.07, 6.45) is 6.39. The van der Waals surface area contributed by atoms with Gasteiger partial charge in [-0.15, -0.1) is 0 Å². The van der Waals surface area contributed by atoms with Crippen LogP contribution in [-0.4, -0.2) is 36.5 Å². The zero-order valence-electron chi connectivity index (χ0n) is 8.59. The van der Waals surface area contributed by atoms with Crippen LogP contribution in [0.5, 0.6) is 0 Å². The Bertz CT molecular complexity index is 256. The van der Waals surface area contributed by atoms with Crippen molar-refractivity contribution in [1.29, 1.82) is 0 Å². The van der Waals surface area contributed by atoms with Crippen molar-refractivity contribution in [3.8, 4) is 0 Å². The van der Waals surface area contributed by atoms with Crippen LogP contribution in [0.2, 0.25) is 0 Å². The average Bonchev–Trinajstić information content (AvgIpc) is 2.43. The summed E-state index contributed by atoms with van der Waals surface area (Å²) < 4.78 is 0. The third-order valence-electron chi connectivity index (χ3n) is 4.29. The van der Waals surface area contributed by atoms with Gasteiger partial charge >= 0.3 is 0 Å². The van der Waals surface area contributed by atoms with E-state index in [0.717, 1.165) is 26.1 Å². The predicted molar refractivity (Wildman–Crippen MR) is 53.9 cm³/mol. The maximum absolute atomic E-state index is 11.9. The Morgan fingerprint density at radius 3 is 2.57 bits per heavy atom. The normalized spacial score (nSPS) is 34.0. The minimum Gasteiger partial charge on any atom is -0.341 e. The van der Waals surface area contributed by atoms with Gasteiger partial charge in [0.1, 0.15) is 0 Å². The second kappa shape index (κ2) is 2.96. The summed E-state index contributed by atoms with van der Waals surface area (Å²) in [5.74, 6) is 0.361. The van der Waals surface area contributed by atoms with Gasteiger partial charge in [0, 0.05) is 13.1 Å². The number of hydrogen-bond donors (Lipinski definition) is 1. The van der Waals surface area contributed by atoms with Gasteiger partial charge in [0.15, 0.2) is 0 Å². The summed E-state index contributed by atoms with van der Waals surface area (Å²) in [6, 6.07) is 0.158. The average molecular weight is 194 g/mol. The van der Waals surface area contributed by atoms with Crippen LogP contribution in [0.25, 0.3) is 0 Å². The van der Waals surface area contributed by atoms with Crippen molar-refractivity contribution in [2.75, 3.05) is 19.6 Å². The van der Waals surface area contributed by atoms with Crippen LogP contribution in [0.15, 0.2) is 0 Å². The van der Waals surface area contributed by atoms with E-state index in [9.17, 15) is 4.79 Å². The SMILES string of the molecule is O=C(C1CCN1)N1CCC2(CCC2)C1. The molecule has 3 heteroatoms. The number of hydrogen-bond acceptors (Lipinski definition) is 2. The number of nitrogens with zero attached hydrogens (tertiary/aromatic N) is 1. The van der Waals surface area contributed by atoms with Gasteiger partial charge in [0.2, 0.25) is 5.91 Å². The Kier molecular flexibility index (Phi) is 1.84.